The average Bonchev–Trinajstić information content (AvgIpc) is 2.76. The first-order chi connectivity index (χ1) is 8.11. The summed E-state index contributed by atoms with van der Waals surface area (Å²) in [5, 5.41) is 9.07. The molecular formula is C11H15BrN2O3. The summed E-state index contributed by atoms with van der Waals surface area (Å²) in [6.07, 6.45) is 1.44. The van der Waals surface area contributed by atoms with E-state index in [4.69, 9.17) is 9.84 Å². The van der Waals surface area contributed by atoms with Gasteiger partial charge in [0.15, 0.2) is 0 Å². The number of nitrogens with one attached hydrogen (secondary N) is 1. The van der Waals surface area contributed by atoms with Crippen LogP contribution in [-0.2, 0) is 4.74 Å². The smallest absolute Gasteiger partial charge is 0.270 e. The second-order valence-corrected chi connectivity index (χ2v) is 5.09. The molecule has 0 spiro atoms. The van der Waals surface area contributed by atoms with Crippen LogP contribution in [0.15, 0.2) is 16.7 Å². The Morgan fingerprint density at radius 1 is 1.76 bits per heavy atom. The van der Waals surface area contributed by atoms with Gasteiger partial charge in [0.1, 0.15) is 5.69 Å². The Labute approximate surface area is 108 Å². The summed E-state index contributed by atoms with van der Waals surface area (Å²) in [6, 6.07) is 1.77. The van der Waals surface area contributed by atoms with Crippen LogP contribution in [0.4, 0.5) is 0 Å². The predicted octanol–water partition coefficient (Wildman–Crippen LogP) is 0.999. The molecule has 17 heavy (non-hydrogen) atoms. The minimum absolute atomic E-state index is 0.0207. The summed E-state index contributed by atoms with van der Waals surface area (Å²) in [7, 11) is 0. The Balaban J connectivity index is 2.12. The van der Waals surface area contributed by atoms with Gasteiger partial charge in [0, 0.05) is 17.2 Å². The van der Waals surface area contributed by atoms with Crippen molar-refractivity contribution >= 4 is 21.8 Å². The highest BCUT2D eigenvalue weighted by Crippen LogP contribution is 2.17. The second kappa shape index (κ2) is 5.20. The van der Waals surface area contributed by atoms with Crippen LogP contribution in [0.1, 0.15) is 17.4 Å². The van der Waals surface area contributed by atoms with Crippen LogP contribution in [0, 0.1) is 0 Å². The highest BCUT2D eigenvalue weighted by atomic mass is 79.9. The fraction of sp³-hybridized carbons (Fsp3) is 0.545. The van der Waals surface area contributed by atoms with Crippen molar-refractivity contribution in [1.82, 2.24) is 9.88 Å². The molecule has 2 heterocycles. The lowest BCUT2D eigenvalue weighted by Gasteiger charge is -2.37. The van der Waals surface area contributed by atoms with Gasteiger partial charge < -0.3 is 19.7 Å². The van der Waals surface area contributed by atoms with Crippen LogP contribution in [-0.4, -0.2) is 52.8 Å². The molecule has 94 valence electrons. The molecule has 1 aliphatic heterocycles. The molecular weight excluding hydrogens is 288 g/mol. The van der Waals surface area contributed by atoms with Crippen LogP contribution in [0.25, 0.3) is 0 Å². The normalized spacial score (nSPS) is 25.0. The van der Waals surface area contributed by atoms with Crippen molar-refractivity contribution < 1.29 is 14.6 Å². The Morgan fingerprint density at radius 3 is 3.12 bits per heavy atom. The van der Waals surface area contributed by atoms with Crippen molar-refractivity contribution in [1.29, 1.82) is 0 Å². The van der Waals surface area contributed by atoms with Gasteiger partial charge in [0.25, 0.3) is 5.91 Å². The molecule has 1 aliphatic rings. The third-order valence-corrected chi connectivity index (χ3v) is 3.31. The van der Waals surface area contributed by atoms with Crippen molar-refractivity contribution in [3.63, 3.8) is 0 Å². The van der Waals surface area contributed by atoms with Gasteiger partial charge in [-0.3, -0.25) is 4.79 Å². The molecule has 0 saturated carbocycles. The van der Waals surface area contributed by atoms with Crippen LogP contribution in [0.5, 0.6) is 0 Å². The maximum atomic E-state index is 12.2. The molecule has 6 heteroatoms. The van der Waals surface area contributed by atoms with Gasteiger partial charge in [-0.2, -0.15) is 0 Å². The Bertz CT molecular complexity index is 407. The summed E-state index contributed by atoms with van der Waals surface area (Å²) < 4.78 is 6.25. The van der Waals surface area contributed by atoms with E-state index >= 15 is 0 Å². The molecule has 2 unspecified atom stereocenters. The second-order valence-electron chi connectivity index (χ2n) is 4.18. The van der Waals surface area contributed by atoms with Crippen LogP contribution in [0.3, 0.4) is 0 Å². The topological polar surface area (TPSA) is 65.6 Å². The number of rotatable bonds is 2. The summed E-state index contributed by atoms with van der Waals surface area (Å²) >= 11 is 3.30. The zero-order valence-corrected chi connectivity index (χ0v) is 11.1. The quantitative estimate of drug-likeness (QED) is 0.856. The predicted molar refractivity (Wildman–Crippen MR) is 65.8 cm³/mol. The number of nitrogens with zero attached hydrogens (tertiary/aromatic N) is 1. The number of carbonyl (C=O) groups excluding carboxylic acids is 1. The number of amides is 1. The molecule has 1 aromatic rings. The van der Waals surface area contributed by atoms with E-state index in [9.17, 15) is 4.79 Å². The van der Waals surface area contributed by atoms with E-state index in [0.717, 1.165) is 4.47 Å². The SMILES string of the molecule is CC1COC(CO)CN1C(=O)c1cc(Br)c[nH]1. The number of hydrogen-bond acceptors (Lipinski definition) is 3. The lowest BCUT2D eigenvalue weighted by molar-refractivity contribution is -0.0668. The molecule has 0 aromatic carbocycles. The molecule has 5 nitrogen and oxygen atoms in total. The van der Waals surface area contributed by atoms with E-state index < -0.39 is 0 Å². The monoisotopic (exact) mass is 302 g/mol. The van der Waals surface area contributed by atoms with E-state index in [-0.39, 0.29) is 24.7 Å². The standard InChI is InChI=1S/C11H15BrN2O3/c1-7-6-17-9(5-15)4-14(7)11(16)10-2-8(12)3-13-10/h2-3,7,9,13,15H,4-6H2,1H3. The first-order valence-corrected chi connectivity index (χ1v) is 6.28. The molecule has 2 N–H and O–H groups in total. The fourth-order valence-electron chi connectivity index (χ4n) is 1.86. The number of aromatic amines is 1. The molecule has 2 atom stereocenters. The number of aliphatic hydroxyl groups excluding tert-OH is 1. The molecule has 0 aliphatic carbocycles. The number of halogens is 1. The maximum absolute atomic E-state index is 12.2. The number of aromatic nitrogens is 1. The first-order valence-electron chi connectivity index (χ1n) is 5.49. The largest absolute Gasteiger partial charge is 0.394 e. The third-order valence-electron chi connectivity index (χ3n) is 2.85. The van der Waals surface area contributed by atoms with Gasteiger partial charge in [-0.1, -0.05) is 0 Å². The maximum Gasteiger partial charge on any atom is 0.270 e. The Morgan fingerprint density at radius 2 is 2.53 bits per heavy atom. The van der Waals surface area contributed by atoms with Crippen LogP contribution < -0.4 is 0 Å². The molecule has 0 radical (unpaired) electrons. The number of aliphatic hydroxyl groups is 1. The molecule has 1 fully saturated rings. The Kier molecular flexibility index (Phi) is 3.86. The van der Waals surface area contributed by atoms with Crippen molar-refractivity contribution in [3.8, 4) is 0 Å². The fourth-order valence-corrected chi connectivity index (χ4v) is 2.20. The van der Waals surface area contributed by atoms with Crippen molar-refractivity contribution in [2.45, 2.75) is 19.1 Å². The zero-order valence-electron chi connectivity index (χ0n) is 9.52. The molecule has 1 amide bonds. The van der Waals surface area contributed by atoms with Gasteiger partial charge in [-0.05, 0) is 28.9 Å². The minimum atomic E-state index is -0.284. The number of carbonyl (C=O) groups is 1. The highest BCUT2D eigenvalue weighted by molar-refractivity contribution is 9.10. The summed E-state index contributed by atoms with van der Waals surface area (Å²) in [4.78, 5) is 16.9. The molecule has 0 bridgehead atoms. The van der Waals surface area contributed by atoms with Gasteiger partial charge in [0.05, 0.1) is 25.4 Å². The van der Waals surface area contributed by atoms with Crippen LogP contribution >= 0.6 is 15.9 Å². The minimum Gasteiger partial charge on any atom is -0.394 e. The van der Waals surface area contributed by atoms with E-state index in [1.165, 1.54) is 0 Å². The summed E-state index contributed by atoms with van der Waals surface area (Å²) in [5.74, 6) is -0.0649. The summed E-state index contributed by atoms with van der Waals surface area (Å²) in [5.41, 5.74) is 0.544. The van der Waals surface area contributed by atoms with Gasteiger partial charge >= 0.3 is 0 Å². The lowest BCUT2D eigenvalue weighted by atomic mass is 10.2. The van der Waals surface area contributed by atoms with Crippen molar-refractivity contribution in [3.05, 3.63) is 22.4 Å². The van der Waals surface area contributed by atoms with Crippen molar-refractivity contribution in [2.75, 3.05) is 19.8 Å². The summed E-state index contributed by atoms with van der Waals surface area (Å²) in [6.45, 7) is 2.75. The molecule has 1 aromatic heterocycles. The van der Waals surface area contributed by atoms with Gasteiger partial charge in [-0.25, -0.2) is 0 Å². The van der Waals surface area contributed by atoms with Crippen LogP contribution in [0.2, 0.25) is 0 Å². The Hall–Kier alpha value is -0.850. The lowest BCUT2D eigenvalue weighted by Crippen LogP contribution is -2.52. The molecule has 2 rings (SSSR count). The number of H-pyrrole nitrogens is 1. The number of ether oxygens (including phenoxy) is 1. The highest BCUT2D eigenvalue weighted by Gasteiger charge is 2.30. The van der Waals surface area contributed by atoms with E-state index in [1.54, 1.807) is 17.2 Å². The van der Waals surface area contributed by atoms with E-state index in [0.29, 0.717) is 18.8 Å². The average molecular weight is 303 g/mol. The van der Waals surface area contributed by atoms with E-state index in [2.05, 4.69) is 20.9 Å². The van der Waals surface area contributed by atoms with Gasteiger partial charge in [0.2, 0.25) is 0 Å². The van der Waals surface area contributed by atoms with E-state index in [1.807, 2.05) is 6.92 Å². The third kappa shape index (κ3) is 2.70. The number of hydrogen-bond donors (Lipinski definition) is 2. The number of morpholine rings is 1. The van der Waals surface area contributed by atoms with Gasteiger partial charge in [-0.15, -0.1) is 0 Å². The zero-order chi connectivity index (χ0) is 12.4. The van der Waals surface area contributed by atoms with Crippen molar-refractivity contribution in [2.24, 2.45) is 0 Å². The first kappa shape index (κ1) is 12.6. The molecule has 1 saturated heterocycles.